The Bertz CT molecular complexity index is 446. The van der Waals surface area contributed by atoms with Crippen LogP contribution in [0.2, 0.25) is 0 Å². The molecule has 0 spiro atoms. The van der Waals surface area contributed by atoms with Gasteiger partial charge in [0.2, 0.25) is 0 Å². The summed E-state index contributed by atoms with van der Waals surface area (Å²) in [5.74, 6) is -0.601. The molecule has 1 aromatic rings. The molecular formula is C15H22FN3O. The van der Waals surface area contributed by atoms with E-state index >= 15 is 0 Å². The molecule has 1 aliphatic carbocycles. The lowest BCUT2D eigenvalue weighted by atomic mass is 9.93. The van der Waals surface area contributed by atoms with Crippen LogP contribution < -0.4 is 5.73 Å². The summed E-state index contributed by atoms with van der Waals surface area (Å²) in [6.07, 6.45) is 8.91. The summed E-state index contributed by atoms with van der Waals surface area (Å²) >= 11 is 0. The van der Waals surface area contributed by atoms with Crippen molar-refractivity contribution in [3.63, 3.8) is 0 Å². The summed E-state index contributed by atoms with van der Waals surface area (Å²) in [7, 11) is 0. The smallest absolute Gasteiger partial charge is 0.255 e. The maximum atomic E-state index is 13.2. The molecule has 2 N–H and O–H groups in total. The van der Waals surface area contributed by atoms with Crippen molar-refractivity contribution in [2.45, 2.75) is 44.6 Å². The summed E-state index contributed by atoms with van der Waals surface area (Å²) in [5.41, 5.74) is 5.89. The predicted octanol–water partition coefficient (Wildman–Crippen LogP) is 2.34. The molecular weight excluding hydrogens is 257 g/mol. The van der Waals surface area contributed by atoms with E-state index in [4.69, 9.17) is 5.73 Å². The topological polar surface area (TPSA) is 59.2 Å². The van der Waals surface area contributed by atoms with E-state index in [0.29, 0.717) is 18.7 Å². The fourth-order valence-corrected chi connectivity index (χ4v) is 2.80. The van der Waals surface area contributed by atoms with Crippen LogP contribution in [0.1, 0.15) is 48.9 Å². The van der Waals surface area contributed by atoms with Gasteiger partial charge in [-0.25, -0.2) is 4.39 Å². The highest BCUT2D eigenvalue weighted by atomic mass is 19.1. The minimum absolute atomic E-state index is 0.127. The van der Waals surface area contributed by atoms with Crippen molar-refractivity contribution < 1.29 is 9.18 Å². The molecule has 5 heteroatoms. The fraction of sp³-hybridized carbons (Fsp3) is 0.600. The molecule has 1 amide bonds. The minimum Gasteiger partial charge on any atom is -0.336 e. The first-order valence-corrected chi connectivity index (χ1v) is 7.34. The summed E-state index contributed by atoms with van der Waals surface area (Å²) in [6, 6.07) is 1.51. The number of nitrogens with two attached hydrogens (primary N) is 1. The molecule has 1 aliphatic rings. The standard InChI is InChI=1S/C15H22FN3O/c16-13-9-12(10-18-11-13)15(20)19(8-4-7-17)14-5-2-1-3-6-14/h9-11,14H,1-8,17H2. The first kappa shape index (κ1) is 14.9. The highest BCUT2D eigenvalue weighted by molar-refractivity contribution is 5.94. The second kappa shape index (κ2) is 7.33. The molecule has 1 heterocycles. The maximum absolute atomic E-state index is 13.2. The summed E-state index contributed by atoms with van der Waals surface area (Å²) < 4.78 is 13.2. The summed E-state index contributed by atoms with van der Waals surface area (Å²) in [4.78, 5) is 18.2. The number of amides is 1. The number of hydrogen-bond acceptors (Lipinski definition) is 3. The van der Waals surface area contributed by atoms with Crippen LogP contribution in [0.4, 0.5) is 4.39 Å². The van der Waals surface area contributed by atoms with Crippen LogP contribution in [0.5, 0.6) is 0 Å². The maximum Gasteiger partial charge on any atom is 0.255 e. The lowest BCUT2D eigenvalue weighted by Crippen LogP contribution is -2.42. The number of nitrogens with zero attached hydrogens (tertiary/aromatic N) is 2. The van der Waals surface area contributed by atoms with Crippen molar-refractivity contribution in [1.29, 1.82) is 0 Å². The molecule has 0 aliphatic heterocycles. The Morgan fingerprint density at radius 1 is 1.35 bits per heavy atom. The molecule has 0 atom stereocenters. The highest BCUT2D eigenvalue weighted by Crippen LogP contribution is 2.24. The van der Waals surface area contributed by atoms with E-state index in [-0.39, 0.29) is 11.9 Å². The second-order valence-corrected chi connectivity index (χ2v) is 5.32. The van der Waals surface area contributed by atoms with Gasteiger partial charge in [0.15, 0.2) is 0 Å². The van der Waals surface area contributed by atoms with Crippen molar-refractivity contribution in [1.82, 2.24) is 9.88 Å². The molecule has 0 saturated heterocycles. The number of rotatable bonds is 5. The zero-order valence-electron chi connectivity index (χ0n) is 11.7. The molecule has 0 radical (unpaired) electrons. The van der Waals surface area contributed by atoms with Crippen LogP contribution in [0, 0.1) is 5.82 Å². The van der Waals surface area contributed by atoms with Crippen LogP contribution in [-0.2, 0) is 0 Å². The van der Waals surface area contributed by atoms with Crippen LogP contribution in [0.25, 0.3) is 0 Å². The minimum atomic E-state index is -0.474. The van der Waals surface area contributed by atoms with Gasteiger partial charge in [0.1, 0.15) is 5.82 Å². The summed E-state index contributed by atoms with van der Waals surface area (Å²) in [5, 5.41) is 0. The van der Waals surface area contributed by atoms with E-state index in [0.717, 1.165) is 38.3 Å². The van der Waals surface area contributed by atoms with E-state index in [1.165, 1.54) is 18.7 Å². The molecule has 1 saturated carbocycles. The molecule has 1 aromatic heterocycles. The van der Waals surface area contributed by atoms with E-state index in [2.05, 4.69) is 4.98 Å². The van der Waals surface area contributed by atoms with Crippen molar-refractivity contribution >= 4 is 5.91 Å². The molecule has 110 valence electrons. The predicted molar refractivity (Wildman–Crippen MR) is 75.8 cm³/mol. The van der Waals surface area contributed by atoms with E-state index in [1.54, 1.807) is 0 Å². The Morgan fingerprint density at radius 3 is 2.75 bits per heavy atom. The van der Waals surface area contributed by atoms with Crippen molar-refractivity contribution in [3.8, 4) is 0 Å². The number of aromatic nitrogens is 1. The largest absolute Gasteiger partial charge is 0.336 e. The fourth-order valence-electron chi connectivity index (χ4n) is 2.80. The number of halogens is 1. The zero-order chi connectivity index (χ0) is 14.4. The van der Waals surface area contributed by atoms with Gasteiger partial charge < -0.3 is 10.6 Å². The first-order chi connectivity index (χ1) is 9.72. The normalized spacial score (nSPS) is 16.1. The van der Waals surface area contributed by atoms with Crippen molar-refractivity contribution in [3.05, 3.63) is 29.8 Å². The summed E-state index contributed by atoms with van der Waals surface area (Å²) in [6.45, 7) is 1.19. The van der Waals surface area contributed by atoms with Gasteiger partial charge in [-0.1, -0.05) is 19.3 Å². The van der Waals surface area contributed by atoms with E-state index in [9.17, 15) is 9.18 Å². The molecule has 0 bridgehead atoms. The monoisotopic (exact) mass is 279 g/mol. The molecule has 0 aromatic carbocycles. The molecule has 20 heavy (non-hydrogen) atoms. The van der Waals surface area contributed by atoms with Gasteiger partial charge >= 0.3 is 0 Å². The first-order valence-electron chi connectivity index (χ1n) is 7.34. The lowest BCUT2D eigenvalue weighted by Gasteiger charge is -2.34. The SMILES string of the molecule is NCCCN(C(=O)c1cncc(F)c1)C1CCCCC1. The van der Waals surface area contributed by atoms with Crippen LogP contribution in [0.3, 0.4) is 0 Å². The molecule has 1 fully saturated rings. The van der Waals surface area contributed by atoms with Crippen molar-refractivity contribution in [2.24, 2.45) is 5.73 Å². The van der Waals surface area contributed by atoms with Crippen LogP contribution >= 0.6 is 0 Å². The third-order valence-electron chi connectivity index (χ3n) is 3.83. The van der Waals surface area contributed by atoms with E-state index < -0.39 is 5.82 Å². The Labute approximate surface area is 119 Å². The van der Waals surface area contributed by atoms with Gasteiger partial charge in [-0.3, -0.25) is 9.78 Å². The molecule has 2 rings (SSSR count). The van der Waals surface area contributed by atoms with Gasteiger partial charge in [-0.15, -0.1) is 0 Å². The number of hydrogen-bond donors (Lipinski definition) is 1. The van der Waals surface area contributed by atoms with Gasteiger partial charge in [-0.05, 0) is 31.9 Å². The van der Waals surface area contributed by atoms with Crippen LogP contribution in [-0.4, -0.2) is 34.9 Å². The average molecular weight is 279 g/mol. The Hall–Kier alpha value is -1.49. The average Bonchev–Trinajstić information content (AvgIpc) is 2.48. The van der Waals surface area contributed by atoms with Gasteiger partial charge in [0.25, 0.3) is 5.91 Å². The number of carbonyl (C=O) groups excluding carboxylic acids is 1. The number of carbonyl (C=O) groups is 1. The third-order valence-corrected chi connectivity index (χ3v) is 3.83. The molecule has 4 nitrogen and oxygen atoms in total. The second-order valence-electron chi connectivity index (χ2n) is 5.32. The van der Waals surface area contributed by atoms with Gasteiger partial charge in [0, 0.05) is 18.8 Å². The van der Waals surface area contributed by atoms with Crippen LogP contribution in [0.15, 0.2) is 18.5 Å². The Balaban J connectivity index is 2.14. The van der Waals surface area contributed by atoms with E-state index in [1.807, 2.05) is 4.90 Å². The molecule has 0 unspecified atom stereocenters. The quantitative estimate of drug-likeness (QED) is 0.900. The highest BCUT2D eigenvalue weighted by Gasteiger charge is 2.26. The Kier molecular flexibility index (Phi) is 5.47. The van der Waals surface area contributed by atoms with Gasteiger partial charge in [0.05, 0.1) is 11.8 Å². The Morgan fingerprint density at radius 2 is 2.10 bits per heavy atom. The lowest BCUT2D eigenvalue weighted by molar-refractivity contribution is 0.0632. The van der Waals surface area contributed by atoms with Gasteiger partial charge in [-0.2, -0.15) is 0 Å². The number of pyridine rings is 1. The third kappa shape index (κ3) is 3.76. The zero-order valence-corrected chi connectivity index (χ0v) is 11.7. The van der Waals surface area contributed by atoms with Crippen molar-refractivity contribution in [2.75, 3.05) is 13.1 Å².